The van der Waals surface area contributed by atoms with Gasteiger partial charge in [0.1, 0.15) is 16.7 Å². The minimum Gasteiger partial charge on any atom is -0.487 e. The van der Waals surface area contributed by atoms with Gasteiger partial charge >= 0.3 is 0 Å². The van der Waals surface area contributed by atoms with Gasteiger partial charge in [0.25, 0.3) is 0 Å². The van der Waals surface area contributed by atoms with Gasteiger partial charge < -0.3 is 9.84 Å². The number of benzene rings is 1. The molecule has 8 heteroatoms. The quantitative estimate of drug-likeness (QED) is 0.607. The Morgan fingerprint density at radius 3 is 2.82 bits per heavy atom. The molecule has 3 rings (SSSR count). The minimum atomic E-state index is -3.85. The number of ether oxygens (including phenoxy) is 1. The van der Waals surface area contributed by atoms with Crippen LogP contribution in [-0.2, 0) is 16.6 Å². The van der Waals surface area contributed by atoms with Crippen molar-refractivity contribution in [2.75, 3.05) is 26.7 Å². The Kier molecular flexibility index (Phi) is 9.09. The van der Waals surface area contributed by atoms with Crippen LogP contribution >= 0.6 is 0 Å². The summed E-state index contributed by atoms with van der Waals surface area (Å²) in [6.07, 6.45) is 5.06. The third-order valence-electron chi connectivity index (χ3n) is 5.94. The number of unbranched alkanes of at least 4 members (excludes halogenated alkanes) is 1. The Hall–Kier alpha value is -2.44. The lowest BCUT2D eigenvalue weighted by atomic mass is 10.0. The number of aromatic nitrogens is 1. The summed E-state index contributed by atoms with van der Waals surface area (Å²) >= 11 is 0. The molecule has 0 aliphatic carbocycles. The molecule has 0 radical (unpaired) electrons. The summed E-state index contributed by atoms with van der Waals surface area (Å²) in [4.78, 5) is 6.45. The Balaban J connectivity index is 1.97. The van der Waals surface area contributed by atoms with Gasteiger partial charge in [0.15, 0.2) is 0 Å². The summed E-state index contributed by atoms with van der Waals surface area (Å²) in [6.45, 7) is 7.08. The molecule has 2 heterocycles. The zero-order chi connectivity index (χ0) is 24.7. The van der Waals surface area contributed by atoms with Crippen LogP contribution in [0.25, 0.3) is 0 Å². The molecule has 34 heavy (non-hydrogen) atoms. The number of fused-ring (bicyclic) bond motifs is 1. The van der Waals surface area contributed by atoms with Gasteiger partial charge in [0.2, 0.25) is 10.0 Å². The van der Waals surface area contributed by atoms with Crippen molar-refractivity contribution in [3.63, 3.8) is 0 Å². The lowest BCUT2D eigenvalue weighted by Crippen LogP contribution is -2.49. The van der Waals surface area contributed by atoms with Gasteiger partial charge in [-0.05, 0) is 50.2 Å². The lowest BCUT2D eigenvalue weighted by Gasteiger charge is -2.37. The molecule has 0 unspecified atom stereocenters. The van der Waals surface area contributed by atoms with Crippen LogP contribution < -0.4 is 4.74 Å². The maximum absolute atomic E-state index is 13.5. The van der Waals surface area contributed by atoms with E-state index >= 15 is 0 Å². The number of likely N-dealkylation sites (N-methyl/N-ethyl adjacent to an activating group) is 1. The first kappa shape index (κ1) is 26.2. The van der Waals surface area contributed by atoms with Gasteiger partial charge in [-0.25, -0.2) is 8.42 Å². The van der Waals surface area contributed by atoms with Gasteiger partial charge in [-0.1, -0.05) is 31.8 Å². The van der Waals surface area contributed by atoms with Crippen LogP contribution in [0.15, 0.2) is 47.6 Å². The van der Waals surface area contributed by atoms with Crippen molar-refractivity contribution < 1.29 is 18.3 Å². The molecule has 0 saturated heterocycles. The van der Waals surface area contributed by atoms with E-state index in [-0.39, 0.29) is 30.1 Å². The predicted molar refractivity (Wildman–Crippen MR) is 133 cm³/mol. The Morgan fingerprint density at radius 1 is 1.35 bits per heavy atom. The van der Waals surface area contributed by atoms with E-state index in [1.54, 1.807) is 31.3 Å². The van der Waals surface area contributed by atoms with E-state index < -0.39 is 16.1 Å². The minimum absolute atomic E-state index is 0.108. The molecule has 1 aromatic carbocycles. The molecule has 0 spiro atoms. The van der Waals surface area contributed by atoms with Gasteiger partial charge in [0, 0.05) is 56.0 Å². The molecule has 7 nitrogen and oxygen atoms in total. The molecule has 0 bridgehead atoms. The molecule has 0 saturated carbocycles. The zero-order valence-electron chi connectivity index (χ0n) is 20.4. The molecular formula is C26H35N3O4S. The van der Waals surface area contributed by atoms with E-state index in [9.17, 15) is 13.5 Å². The van der Waals surface area contributed by atoms with Crippen molar-refractivity contribution >= 4 is 10.0 Å². The highest BCUT2D eigenvalue weighted by molar-refractivity contribution is 7.89. The highest BCUT2D eigenvalue weighted by Gasteiger charge is 2.38. The molecular weight excluding hydrogens is 450 g/mol. The molecule has 1 aromatic heterocycles. The second kappa shape index (κ2) is 11.8. The first-order chi connectivity index (χ1) is 16.3. The van der Waals surface area contributed by atoms with Crippen LogP contribution in [0.4, 0.5) is 0 Å². The second-order valence-electron chi connectivity index (χ2n) is 9.01. The van der Waals surface area contributed by atoms with Crippen molar-refractivity contribution in [2.45, 2.75) is 57.2 Å². The van der Waals surface area contributed by atoms with E-state index in [1.165, 1.54) is 4.31 Å². The fourth-order valence-electron chi connectivity index (χ4n) is 3.99. The van der Waals surface area contributed by atoms with Crippen LogP contribution in [0, 0.1) is 17.8 Å². The summed E-state index contributed by atoms with van der Waals surface area (Å²) in [5.41, 5.74) is 1.82. The van der Waals surface area contributed by atoms with Crippen molar-refractivity contribution in [2.24, 2.45) is 5.92 Å². The average Bonchev–Trinajstić information content (AvgIpc) is 2.81. The van der Waals surface area contributed by atoms with Crippen LogP contribution in [0.2, 0.25) is 0 Å². The highest BCUT2D eigenvalue weighted by Crippen LogP contribution is 2.34. The summed E-state index contributed by atoms with van der Waals surface area (Å²) < 4.78 is 34.9. The summed E-state index contributed by atoms with van der Waals surface area (Å²) in [5.74, 6) is 6.42. The van der Waals surface area contributed by atoms with Crippen LogP contribution in [0.5, 0.6) is 5.75 Å². The maximum Gasteiger partial charge on any atom is 0.247 e. The number of rotatable bonds is 7. The number of hydrogen-bond acceptors (Lipinski definition) is 6. The van der Waals surface area contributed by atoms with Crippen molar-refractivity contribution in [1.29, 1.82) is 0 Å². The van der Waals surface area contributed by atoms with Gasteiger partial charge in [-0.2, -0.15) is 4.31 Å². The topological polar surface area (TPSA) is 83.0 Å². The molecule has 1 aliphatic heterocycles. The third kappa shape index (κ3) is 6.36. The summed E-state index contributed by atoms with van der Waals surface area (Å²) in [7, 11) is -1.84. The fourth-order valence-corrected chi connectivity index (χ4v) is 5.81. The fraction of sp³-hybridized carbons (Fsp3) is 0.500. The van der Waals surface area contributed by atoms with Crippen LogP contribution in [0.3, 0.4) is 0 Å². The monoisotopic (exact) mass is 485 g/mol. The van der Waals surface area contributed by atoms with Crippen molar-refractivity contribution in [1.82, 2.24) is 14.2 Å². The van der Waals surface area contributed by atoms with E-state index in [2.05, 4.69) is 28.6 Å². The van der Waals surface area contributed by atoms with Crippen molar-refractivity contribution in [3.05, 3.63) is 53.9 Å². The smallest absolute Gasteiger partial charge is 0.247 e. The van der Waals surface area contributed by atoms with Crippen LogP contribution in [0.1, 0.15) is 44.7 Å². The van der Waals surface area contributed by atoms with E-state index in [1.807, 2.05) is 32.3 Å². The largest absolute Gasteiger partial charge is 0.487 e. The Labute approximate surface area is 203 Å². The molecule has 1 aliphatic rings. The first-order valence-electron chi connectivity index (χ1n) is 11.8. The SMILES string of the molecule is CCCC#Cc1ccc2c(c1)O[C@@H](CN(C)Cc1cccnc1)[C@H](C)CN([C@@H](C)CO)S2(=O)=O. The van der Waals surface area contributed by atoms with Gasteiger partial charge in [0.05, 0.1) is 6.61 Å². The van der Waals surface area contributed by atoms with E-state index in [0.717, 1.165) is 24.0 Å². The first-order valence-corrected chi connectivity index (χ1v) is 13.2. The standard InChI is InChI=1S/C26H35N3O4S/c1-5-6-7-9-22-11-12-26-24(14-22)33-25(18-28(4)17-23-10-8-13-27-15-23)20(2)16-29(21(3)19-30)34(26,31)32/h8,10-15,20-21,25,30H,5-6,16-19H2,1-4H3/t20-,21+,25+/m1/s1. The Morgan fingerprint density at radius 2 is 2.15 bits per heavy atom. The third-order valence-corrected chi connectivity index (χ3v) is 7.96. The molecule has 3 atom stereocenters. The number of aliphatic hydroxyl groups is 1. The maximum atomic E-state index is 13.5. The van der Waals surface area contributed by atoms with Gasteiger partial charge in [-0.3, -0.25) is 9.88 Å². The summed E-state index contributed by atoms with van der Waals surface area (Å²) in [6, 6.07) is 8.41. The van der Waals surface area contributed by atoms with E-state index in [4.69, 9.17) is 4.74 Å². The molecule has 184 valence electrons. The molecule has 2 aromatic rings. The highest BCUT2D eigenvalue weighted by atomic mass is 32.2. The number of aliphatic hydroxyl groups excluding tert-OH is 1. The molecule has 0 fully saturated rings. The van der Waals surface area contributed by atoms with E-state index in [0.29, 0.717) is 18.8 Å². The average molecular weight is 486 g/mol. The number of pyridine rings is 1. The number of hydrogen-bond donors (Lipinski definition) is 1. The summed E-state index contributed by atoms with van der Waals surface area (Å²) in [5, 5.41) is 9.79. The number of nitrogens with zero attached hydrogens (tertiary/aromatic N) is 3. The Bertz CT molecular complexity index is 1110. The van der Waals surface area contributed by atoms with Gasteiger partial charge in [-0.15, -0.1) is 0 Å². The van der Waals surface area contributed by atoms with Crippen LogP contribution in [-0.4, -0.2) is 66.6 Å². The molecule has 0 amide bonds. The molecule has 1 N–H and O–H groups in total. The predicted octanol–water partition coefficient (Wildman–Crippen LogP) is 3.13. The van der Waals surface area contributed by atoms with Crippen molar-refractivity contribution in [3.8, 4) is 17.6 Å². The normalized spacial score (nSPS) is 20.9. The second-order valence-corrected chi connectivity index (χ2v) is 10.9. The zero-order valence-corrected chi connectivity index (χ0v) is 21.3. The lowest BCUT2D eigenvalue weighted by molar-refractivity contribution is 0.0733. The number of sulfonamides is 1.